The molecule has 146 valence electrons. The van der Waals surface area contributed by atoms with Crippen LogP contribution in [-0.2, 0) is 14.3 Å². The van der Waals surface area contributed by atoms with E-state index in [4.69, 9.17) is 9.47 Å². The van der Waals surface area contributed by atoms with Crippen molar-refractivity contribution in [3.05, 3.63) is 35.5 Å². The molecule has 0 saturated carbocycles. The van der Waals surface area contributed by atoms with Crippen LogP contribution in [0.25, 0.3) is 10.9 Å². The molecule has 27 heavy (non-hydrogen) atoms. The summed E-state index contributed by atoms with van der Waals surface area (Å²) in [4.78, 5) is 28.0. The minimum Gasteiger partial charge on any atom is -0.466 e. The molecule has 0 radical (unpaired) electrons. The number of ether oxygens (including phenoxy) is 2. The third-order valence-electron chi connectivity index (χ3n) is 4.67. The van der Waals surface area contributed by atoms with Crippen LogP contribution in [0.1, 0.15) is 43.2 Å². The van der Waals surface area contributed by atoms with Crippen molar-refractivity contribution in [3.63, 3.8) is 0 Å². The maximum Gasteiger partial charge on any atom is 0.307 e. The number of aryl methyl sites for hydroxylation is 1. The number of rotatable bonds is 6. The molecule has 0 spiro atoms. The van der Waals surface area contributed by atoms with E-state index in [-0.39, 0.29) is 24.3 Å². The lowest BCUT2D eigenvalue weighted by Gasteiger charge is -2.25. The van der Waals surface area contributed by atoms with Gasteiger partial charge < -0.3 is 19.8 Å². The van der Waals surface area contributed by atoms with Crippen molar-refractivity contribution in [2.75, 3.05) is 13.2 Å². The van der Waals surface area contributed by atoms with E-state index < -0.39 is 11.8 Å². The van der Waals surface area contributed by atoms with Gasteiger partial charge in [-0.05, 0) is 45.9 Å². The number of carbonyl (C=O) groups excluding carboxylic acids is 2. The average molecular weight is 373 g/mol. The highest BCUT2D eigenvalue weighted by molar-refractivity contribution is 5.98. The number of fused-ring (bicyclic) bond motifs is 1. The predicted molar refractivity (Wildman–Crippen MR) is 102 cm³/mol. The van der Waals surface area contributed by atoms with Gasteiger partial charge in [-0.3, -0.25) is 14.9 Å². The molecule has 1 aliphatic rings. The summed E-state index contributed by atoms with van der Waals surface area (Å²) in [5, 5.41) is 7.26. The number of hydrogen-bond donors (Lipinski definition) is 3. The molecule has 1 aromatic carbocycles. The van der Waals surface area contributed by atoms with Gasteiger partial charge in [-0.2, -0.15) is 0 Å². The van der Waals surface area contributed by atoms with Crippen LogP contribution >= 0.6 is 0 Å². The number of benzene rings is 1. The van der Waals surface area contributed by atoms with E-state index in [9.17, 15) is 9.59 Å². The molecule has 0 aliphatic carbocycles. The minimum atomic E-state index is -0.499. The second-order valence-electron chi connectivity index (χ2n) is 7.43. The fraction of sp³-hybridized carbons (Fsp3) is 0.500. The third-order valence-corrected chi connectivity index (χ3v) is 4.67. The number of nitrogens with one attached hydrogen (secondary N) is 3. The highest BCUT2D eigenvalue weighted by Gasteiger charge is 2.37. The van der Waals surface area contributed by atoms with Crippen molar-refractivity contribution in [1.82, 2.24) is 15.6 Å². The Hall–Kier alpha value is -2.38. The van der Waals surface area contributed by atoms with E-state index in [1.165, 1.54) is 0 Å². The molecule has 3 N–H and O–H groups in total. The summed E-state index contributed by atoms with van der Waals surface area (Å²) in [5.74, 6) is -0.605. The molecule has 7 nitrogen and oxygen atoms in total. The highest BCUT2D eigenvalue weighted by atomic mass is 16.5. The largest absolute Gasteiger partial charge is 0.466 e. The van der Waals surface area contributed by atoms with Crippen LogP contribution in [0.3, 0.4) is 0 Å². The van der Waals surface area contributed by atoms with Gasteiger partial charge in [0.15, 0.2) is 0 Å². The van der Waals surface area contributed by atoms with Gasteiger partial charge in [0, 0.05) is 10.9 Å². The molecule has 1 saturated heterocycles. The monoisotopic (exact) mass is 373 g/mol. The van der Waals surface area contributed by atoms with Crippen molar-refractivity contribution in [3.8, 4) is 0 Å². The van der Waals surface area contributed by atoms with Crippen LogP contribution in [-0.4, -0.2) is 47.9 Å². The molecule has 7 heteroatoms. The molecule has 1 amide bonds. The molecule has 1 aromatic heterocycles. The highest BCUT2D eigenvalue weighted by Crippen LogP contribution is 2.20. The molecule has 1 aliphatic heterocycles. The summed E-state index contributed by atoms with van der Waals surface area (Å²) < 4.78 is 10.8. The lowest BCUT2D eigenvalue weighted by atomic mass is 10.0. The molecule has 2 aromatic rings. The Morgan fingerprint density at radius 3 is 2.81 bits per heavy atom. The standard InChI is InChI=1S/C20H27N3O4/c1-5-26-18(24)10-15(17-11-27-20(3,4)23-17)22-19(25)16-9-13-8-12(2)6-7-14(13)21-16/h6-9,15,17,21,23H,5,10-11H2,1-4H3,(H,22,25)/t15?,17-/m0/s1. The first-order chi connectivity index (χ1) is 12.8. The van der Waals surface area contributed by atoms with Crippen molar-refractivity contribution in [2.45, 2.75) is 51.9 Å². The van der Waals surface area contributed by atoms with Crippen LogP contribution in [0.15, 0.2) is 24.3 Å². The molecular weight excluding hydrogens is 346 g/mol. The summed E-state index contributed by atoms with van der Waals surface area (Å²) >= 11 is 0. The van der Waals surface area contributed by atoms with E-state index in [0.29, 0.717) is 18.9 Å². The molecule has 3 rings (SSSR count). The predicted octanol–water partition coefficient (Wildman–Crippen LogP) is 2.25. The number of H-pyrrole nitrogens is 1. The topological polar surface area (TPSA) is 92.5 Å². The summed E-state index contributed by atoms with van der Waals surface area (Å²) in [6.07, 6.45) is 0.0794. The zero-order valence-electron chi connectivity index (χ0n) is 16.2. The summed E-state index contributed by atoms with van der Waals surface area (Å²) in [6.45, 7) is 8.31. The molecular formula is C20H27N3O4. The Labute approximate surface area is 158 Å². The molecule has 0 bridgehead atoms. The van der Waals surface area contributed by atoms with E-state index >= 15 is 0 Å². The number of aromatic amines is 1. The van der Waals surface area contributed by atoms with Gasteiger partial charge in [0.05, 0.1) is 31.7 Å². The van der Waals surface area contributed by atoms with E-state index in [2.05, 4.69) is 15.6 Å². The van der Waals surface area contributed by atoms with Gasteiger partial charge in [-0.15, -0.1) is 0 Å². The van der Waals surface area contributed by atoms with Crippen LogP contribution in [0.4, 0.5) is 0 Å². The second-order valence-corrected chi connectivity index (χ2v) is 7.43. The minimum absolute atomic E-state index is 0.0794. The lowest BCUT2D eigenvalue weighted by molar-refractivity contribution is -0.143. The summed E-state index contributed by atoms with van der Waals surface area (Å²) in [6, 6.07) is 7.17. The van der Waals surface area contributed by atoms with Gasteiger partial charge in [0.2, 0.25) is 0 Å². The summed E-state index contributed by atoms with van der Waals surface area (Å²) in [5.41, 5.74) is 1.99. The van der Waals surface area contributed by atoms with E-state index in [0.717, 1.165) is 16.5 Å². The molecule has 2 atom stereocenters. The van der Waals surface area contributed by atoms with Crippen LogP contribution < -0.4 is 10.6 Å². The van der Waals surface area contributed by atoms with Crippen molar-refractivity contribution < 1.29 is 19.1 Å². The fourth-order valence-electron chi connectivity index (χ4n) is 3.36. The Morgan fingerprint density at radius 1 is 1.37 bits per heavy atom. The number of esters is 1. The number of carbonyl (C=O) groups is 2. The Kier molecular flexibility index (Phi) is 5.53. The third kappa shape index (κ3) is 4.67. The van der Waals surface area contributed by atoms with Crippen molar-refractivity contribution in [1.29, 1.82) is 0 Å². The van der Waals surface area contributed by atoms with Crippen molar-refractivity contribution in [2.24, 2.45) is 0 Å². The van der Waals surface area contributed by atoms with Gasteiger partial charge in [-0.1, -0.05) is 11.6 Å². The number of aromatic nitrogens is 1. The van der Waals surface area contributed by atoms with E-state index in [1.807, 2.05) is 45.0 Å². The normalized spacial score (nSPS) is 19.8. The molecule has 1 fully saturated rings. The van der Waals surface area contributed by atoms with Crippen LogP contribution in [0.5, 0.6) is 0 Å². The van der Waals surface area contributed by atoms with Crippen LogP contribution in [0.2, 0.25) is 0 Å². The Morgan fingerprint density at radius 2 is 2.15 bits per heavy atom. The first kappa shape index (κ1) is 19.4. The SMILES string of the molecule is CCOC(=O)CC(NC(=O)c1cc2cc(C)ccc2[nH]1)[C@@H]1COC(C)(C)N1. The number of hydrogen-bond acceptors (Lipinski definition) is 5. The molecule has 2 heterocycles. The lowest BCUT2D eigenvalue weighted by Crippen LogP contribution is -2.52. The maximum absolute atomic E-state index is 12.8. The maximum atomic E-state index is 12.8. The van der Waals surface area contributed by atoms with Crippen LogP contribution in [0, 0.1) is 6.92 Å². The Balaban J connectivity index is 1.77. The fourth-order valence-corrected chi connectivity index (χ4v) is 3.36. The van der Waals surface area contributed by atoms with Gasteiger partial charge in [0.25, 0.3) is 5.91 Å². The van der Waals surface area contributed by atoms with Gasteiger partial charge in [-0.25, -0.2) is 0 Å². The molecule has 1 unspecified atom stereocenters. The average Bonchev–Trinajstić information content (AvgIpc) is 3.17. The summed E-state index contributed by atoms with van der Waals surface area (Å²) in [7, 11) is 0. The van der Waals surface area contributed by atoms with Crippen molar-refractivity contribution >= 4 is 22.8 Å². The first-order valence-corrected chi connectivity index (χ1v) is 9.25. The van der Waals surface area contributed by atoms with E-state index in [1.54, 1.807) is 6.92 Å². The Bertz CT molecular complexity index is 843. The van der Waals surface area contributed by atoms with Gasteiger partial charge in [0.1, 0.15) is 11.4 Å². The second kappa shape index (κ2) is 7.70. The zero-order valence-corrected chi connectivity index (χ0v) is 16.2. The smallest absolute Gasteiger partial charge is 0.307 e. The quantitative estimate of drug-likeness (QED) is 0.676. The number of amides is 1. The zero-order chi connectivity index (χ0) is 19.6. The van der Waals surface area contributed by atoms with Gasteiger partial charge >= 0.3 is 5.97 Å². The first-order valence-electron chi connectivity index (χ1n) is 9.25.